The van der Waals surface area contributed by atoms with Crippen LogP contribution in [-0.4, -0.2) is 40.4 Å². The Morgan fingerprint density at radius 1 is 0.778 bits per heavy atom. The Morgan fingerprint density at radius 2 is 1.50 bits per heavy atom. The molecule has 0 unspecified atom stereocenters. The topological polar surface area (TPSA) is 67.5 Å². The van der Waals surface area contributed by atoms with E-state index in [1.54, 1.807) is 6.26 Å². The Labute approximate surface area is 209 Å². The van der Waals surface area contributed by atoms with Crippen LogP contribution < -0.4 is 5.32 Å². The summed E-state index contributed by atoms with van der Waals surface area (Å²) in [6.07, 6.45) is 11.1. The van der Waals surface area contributed by atoms with E-state index >= 15 is 0 Å². The highest BCUT2D eigenvalue weighted by atomic mass is 16.3. The molecule has 1 saturated heterocycles. The van der Waals surface area contributed by atoms with Crippen LogP contribution in [0.1, 0.15) is 55.7 Å². The molecular formula is C30H29N3O3. The van der Waals surface area contributed by atoms with Crippen LogP contribution in [-0.2, 0) is 9.59 Å². The van der Waals surface area contributed by atoms with Crippen molar-refractivity contribution in [1.82, 2.24) is 14.8 Å². The summed E-state index contributed by atoms with van der Waals surface area (Å²) in [5.41, 5.74) is 4.03. The molecule has 4 aromatic rings. The van der Waals surface area contributed by atoms with Gasteiger partial charge in [-0.05, 0) is 63.7 Å². The number of hydrogen-bond donors (Lipinski definition) is 1. The Kier molecular flexibility index (Phi) is 5.10. The molecule has 0 atom stereocenters. The van der Waals surface area contributed by atoms with Crippen molar-refractivity contribution in [2.24, 2.45) is 0 Å². The second-order valence-electron chi connectivity index (χ2n) is 10.4. The smallest absolute Gasteiger partial charge is 0.259 e. The maximum atomic E-state index is 13.2. The molecule has 0 bridgehead atoms. The fourth-order valence-corrected chi connectivity index (χ4v) is 6.67. The summed E-state index contributed by atoms with van der Waals surface area (Å²) in [6.45, 7) is 2.49. The Balaban J connectivity index is 1.33. The molecule has 4 heterocycles. The number of imide groups is 1. The number of hydrogen-bond acceptors (Lipinski definition) is 4. The number of aromatic nitrogens is 1. The third-order valence-electron chi connectivity index (χ3n) is 8.41. The summed E-state index contributed by atoms with van der Waals surface area (Å²) in [7, 11) is 0. The van der Waals surface area contributed by atoms with E-state index in [9.17, 15) is 9.59 Å². The van der Waals surface area contributed by atoms with Gasteiger partial charge < -0.3 is 13.9 Å². The van der Waals surface area contributed by atoms with Gasteiger partial charge in [-0.25, -0.2) is 0 Å². The van der Waals surface area contributed by atoms with Crippen molar-refractivity contribution in [2.45, 2.75) is 50.6 Å². The second-order valence-corrected chi connectivity index (χ2v) is 10.4. The van der Waals surface area contributed by atoms with Crippen molar-refractivity contribution in [3.8, 4) is 0 Å². The van der Waals surface area contributed by atoms with E-state index in [0.717, 1.165) is 34.7 Å². The van der Waals surface area contributed by atoms with E-state index in [-0.39, 0.29) is 11.8 Å². The Morgan fingerprint density at radius 3 is 2.31 bits per heavy atom. The lowest BCUT2D eigenvalue weighted by Crippen LogP contribution is -2.36. The molecule has 2 aromatic heterocycles. The predicted molar refractivity (Wildman–Crippen MR) is 140 cm³/mol. The Bertz CT molecular complexity index is 1530. The van der Waals surface area contributed by atoms with Gasteiger partial charge in [-0.3, -0.25) is 14.9 Å². The summed E-state index contributed by atoms with van der Waals surface area (Å²) < 4.78 is 8.09. The number of para-hydroxylation sites is 2. The van der Waals surface area contributed by atoms with Crippen LogP contribution in [0.25, 0.3) is 33.0 Å². The summed E-state index contributed by atoms with van der Waals surface area (Å²) >= 11 is 0. The van der Waals surface area contributed by atoms with E-state index in [1.165, 1.54) is 38.8 Å². The van der Waals surface area contributed by atoms with Crippen LogP contribution in [0.2, 0.25) is 0 Å². The minimum Gasteiger partial charge on any atom is -0.464 e. The van der Waals surface area contributed by atoms with Gasteiger partial charge in [0.1, 0.15) is 5.58 Å². The number of likely N-dealkylation sites (tertiary alicyclic amines) is 1. The van der Waals surface area contributed by atoms with Crippen molar-refractivity contribution in [1.29, 1.82) is 0 Å². The van der Waals surface area contributed by atoms with E-state index in [2.05, 4.69) is 39.2 Å². The molecular weight excluding hydrogens is 450 g/mol. The first-order valence-electron chi connectivity index (χ1n) is 13.1. The van der Waals surface area contributed by atoms with Gasteiger partial charge >= 0.3 is 0 Å². The van der Waals surface area contributed by atoms with E-state index in [4.69, 9.17) is 4.42 Å². The van der Waals surface area contributed by atoms with Crippen molar-refractivity contribution in [3.05, 3.63) is 72.1 Å². The summed E-state index contributed by atoms with van der Waals surface area (Å²) in [5.74, 6) is -0.721. The zero-order valence-electron chi connectivity index (χ0n) is 20.2. The fourth-order valence-electron chi connectivity index (χ4n) is 6.67. The first kappa shape index (κ1) is 21.6. The zero-order chi connectivity index (χ0) is 24.2. The number of furan rings is 1. The van der Waals surface area contributed by atoms with E-state index in [0.29, 0.717) is 34.4 Å². The highest BCUT2D eigenvalue weighted by Gasteiger charge is 2.36. The maximum absolute atomic E-state index is 13.2. The van der Waals surface area contributed by atoms with Crippen LogP contribution in [0.5, 0.6) is 0 Å². The molecule has 36 heavy (non-hydrogen) atoms. The van der Waals surface area contributed by atoms with Gasteiger partial charge in [0.05, 0.1) is 17.4 Å². The summed E-state index contributed by atoms with van der Waals surface area (Å²) in [4.78, 5) is 29.0. The Hall–Kier alpha value is -3.64. The van der Waals surface area contributed by atoms with Gasteiger partial charge in [-0.15, -0.1) is 0 Å². The lowest BCUT2D eigenvalue weighted by molar-refractivity contribution is -0.122. The van der Waals surface area contributed by atoms with Gasteiger partial charge in [0, 0.05) is 45.7 Å². The number of nitrogens with zero attached hydrogens (tertiary/aromatic N) is 2. The molecule has 6 heteroatoms. The molecule has 2 amide bonds. The molecule has 1 aliphatic carbocycles. The normalized spacial score (nSPS) is 23.3. The number of benzene rings is 2. The van der Waals surface area contributed by atoms with Crippen molar-refractivity contribution in [2.75, 3.05) is 13.1 Å². The number of fused-ring (bicyclic) bond motifs is 2. The van der Waals surface area contributed by atoms with Crippen LogP contribution >= 0.6 is 0 Å². The van der Waals surface area contributed by atoms with Crippen molar-refractivity contribution in [3.63, 3.8) is 0 Å². The molecule has 2 aliphatic heterocycles. The fraction of sp³-hybridized carbons (Fsp3) is 0.333. The van der Waals surface area contributed by atoms with Gasteiger partial charge in [0.2, 0.25) is 0 Å². The van der Waals surface area contributed by atoms with Crippen LogP contribution in [0.15, 0.2) is 65.4 Å². The number of rotatable bonds is 4. The molecule has 2 aromatic carbocycles. The second kappa shape index (κ2) is 8.49. The molecule has 2 fully saturated rings. The maximum Gasteiger partial charge on any atom is 0.259 e. The van der Waals surface area contributed by atoms with Gasteiger partial charge in [0.15, 0.2) is 0 Å². The SMILES string of the molecule is O=C1NC(=O)C(c2cccc3ccoc23)=C1c1cn(C2CCC(N3CCCC3)CC2)c2ccccc12. The third kappa shape index (κ3) is 3.35. The van der Waals surface area contributed by atoms with Crippen LogP contribution in [0.4, 0.5) is 0 Å². The average Bonchev–Trinajstić information content (AvgIpc) is 3.70. The molecule has 3 aliphatic rings. The monoisotopic (exact) mass is 479 g/mol. The van der Waals surface area contributed by atoms with E-state index in [1.807, 2.05) is 30.3 Å². The minimum absolute atomic E-state index is 0.348. The number of carbonyl (C=O) groups excluding carboxylic acids is 2. The van der Waals surface area contributed by atoms with Gasteiger partial charge in [0.25, 0.3) is 11.8 Å². The van der Waals surface area contributed by atoms with Crippen LogP contribution in [0.3, 0.4) is 0 Å². The van der Waals surface area contributed by atoms with Gasteiger partial charge in [-0.1, -0.05) is 36.4 Å². The highest BCUT2D eigenvalue weighted by molar-refractivity contribution is 6.50. The third-order valence-corrected chi connectivity index (χ3v) is 8.41. The number of carbonyl (C=O) groups is 2. The molecule has 0 radical (unpaired) electrons. The molecule has 0 spiro atoms. The molecule has 1 saturated carbocycles. The number of nitrogens with one attached hydrogen (secondary N) is 1. The molecule has 7 rings (SSSR count). The lowest BCUT2D eigenvalue weighted by Gasteiger charge is -2.35. The quantitative estimate of drug-likeness (QED) is 0.391. The van der Waals surface area contributed by atoms with Crippen LogP contribution in [0, 0.1) is 0 Å². The van der Waals surface area contributed by atoms with Crippen molar-refractivity contribution < 1.29 is 14.0 Å². The largest absolute Gasteiger partial charge is 0.464 e. The van der Waals surface area contributed by atoms with E-state index < -0.39 is 0 Å². The average molecular weight is 480 g/mol. The standard InChI is InChI=1S/C30H29N3O3/c34-29-26(23-8-5-6-19-14-17-36-28(19)23)27(30(35)31-29)24-18-33(25-9-2-1-7-22(24)25)21-12-10-20(11-13-21)32-15-3-4-16-32/h1-2,5-9,14,17-18,20-21H,3-4,10-13,15-16H2,(H,31,34,35). The molecule has 6 nitrogen and oxygen atoms in total. The molecule has 182 valence electrons. The highest BCUT2D eigenvalue weighted by Crippen LogP contribution is 2.41. The first-order valence-corrected chi connectivity index (χ1v) is 13.1. The summed E-state index contributed by atoms with van der Waals surface area (Å²) in [6, 6.07) is 16.9. The predicted octanol–water partition coefficient (Wildman–Crippen LogP) is 5.53. The first-order chi connectivity index (χ1) is 17.7. The zero-order valence-corrected chi connectivity index (χ0v) is 20.2. The van der Waals surface area contributed by atoms with Crippen molar-refractivity contribution >= 4 is 44.8 Å². The van der Waals surface area contributed by atoms with Gasteiger partial charge in [-0.2, -0.15) is 0 Å². The minimum atomic E-state index is -0.373. The molecule has 1 N–H and O–H groups in total. The number of amides is 2. The lowest BCUT2D eigenvalue weighted by atomic mass is 9.90. The summed E-state index contributed by atoms with van der Waals surface area (Å²) in [5, 5.41) is 4.46.